The largest absolute Gasteiger partial charge is 0.379 e. The van der Waals surface area contributed by atoms with Crippen LogP contribution in [0.15, 0.2) is 60.3 Å². The predicted octanol–water partition coefficient (Wildman–Crippen LogP) is 2.93. The highest BCUT2D eigenvalue weighted by Crippen LogP contribution is 2.32. The number of rotatable bonds is 8. The highest BCUT2D eigenvalue weighted by molar-refractivity contribution is 6.35. The van der Waals surface area contributed by atoms with Gasteiger partial charge in [0.25, 0.3) is 11.8 Å². The molecule has 0 aromatic heterocycles. The maximum absolute atomic E-state index is 13.6. The summed E-state index contributed by atoms with van der Waals surface area (Å²) in [4.78, 5) is 32.8. The summed E-state index contributed by atoms with van der Waals surface area (Å²) in [5.74, 6) is -0.398. The topological polar surface area (TPSA) is 53.1 Å². The van der Waals surface area contributed by atoms with E-state index in [4.69, 9.17) is 4.74 Å². The van der Waals surface area contributed by atoms with Gasteiger partial charge < -0.3 is 9.64 Å². The summed E-state index contributed by atoms with van der Waals surface area (Å²) in [6.07, 6.45) is 0. The van der Waals surface area contributed by atoms with Gasteiger partial charge in [-0.25, -0.2) is 0 Å². The summed E-state index contributed by atoms with van der Waals surface area (Å²) in [6, 6.07) is 17.9. The first-order valence-corrected chi connectivity index (χ1v) is 11.3. The Kier molecular flexibility index (Phi) is 7.02. The standard InChI is InChI=1S/C26H31N3O3/c1-3-28(19-21-7-5-4-6-8-21)24-23(22-11-9-20(2)10-12-22)25(30)29(26(24)31)14-13-27-15-17-32-18-16-27/h4-12H,3,13-19H2,1-2H3. The summed E-state index contributed by atoms with van der Waals surface area (Å²) < 4.78 is 5.41. The average Bonchev–Trinajstić information content (AvgIpc) is 3.07. The third kappa shape index (κ3) is 4.76. The molecule has 32 heavy (non-hydrogen) atoms. The summed E-state index contributed by atoms with van der Waals surface area (Å²) in [6.45, 7) is 9.36. The number of benzene rings is 2. The van der Waals surface area contributed by atoms with Crippen molar-refractivity contribution in [1.29, 1.82) is 0 Å². The summed E-state index contributed by atoms with van der Waals surface area (Å²) in [5, 5.41) is 0. The fourth-order valence-corrected chi connectivity index (χ4v) is 4.26. The molecule has 6 heteroatoms. The van der Waals surface area contributed by atoms with Crippen molar-refractivity contribution in [2.75, 3.05) is 45.9 Å². The zero-order chi connectivity index (χ0) is 22.5. The van der Waals surface area contributed by atoms with Crippen LogP contribution >= 0.6 is 0 Å². The van der Waals surface area contributed by atoms with E-state index in [1.54, 1.807) is 0 Å². The van der Waals surface area contributed by atoms with E-state index in [0.717, 1.165) is 29.8 Å². The van der Waals surface area contributed by atoms with Crippen molar-refractivity contribution >= 4 is 17.4 Å². The molecule has 0 aliphatic carbocycles. The number of morpholine rings is 1. The quantitative estimate of drug-likeness (QED) is 0.599. The third-order valence-electron chi connectivity index (χ3n) is 6.14. The van der Waals surface area contributed by atoms with Crippen molar-refractivity contribution in [3.8, 4) is 0 Å². The molecular weight excluding hydrogens is 402 g/mol. The number of hydrogen-bond donors (Lipinski definition) is 0. The first-order chi connectivity index (χ1) is 15.6. The molecule has 2 amide bonds. The number of likely N-dealkylation sites (N-methyl/N-ethyl adjacent to an activating group) is 1. The molecular formula is C26H31N3O3. The fraction of sp³-hybridized carbons (Fsp3) is 0.385. The number of amides is 2. The maximum Gasteiger partial charge on any atom is 0.277 e. The maximum atomic E-state index is 13.6. The molecule has 0 unspecified atom stereocenters. The van der Waals surface area contributed by atoms with Gasteiger partial charge in [-0.15, -0.1) is 0 Å². The van der Waals surface area contributed by atoms with Crippen LogP contribution in [0.4, 0.5) is 0 Å². The molecule has 2 aromatic rings. The number of aryl methyl sites for hydroxylation is 1. The molecule has 0 bridgehead atoms. The lowest BCUT2D eigenvalue weighted by molar-refractivity contribution is -0.138. The minimum absolute atomic E-state index is 0.198. The lowest BCUT2D eigenvalue weighted by atomic mass is 10.0. The van der Waals surface area contributed by atoms with E-state index >= 15 is 0 Å². The predicted molar refractivity (Wildman–Crippen MR) is 125 cm³/mol. The molecule has 2 aliphatic heterocycles. The van der Waals surface area contributed by atoms with Crippen molar-refractivity contribution in [3.63, 3.8) is 0 Å². The average molecular weight is 434 g/mol. The van der Waals surface area contributed by atoms with Crippen molar-refractivity contribution in [1.82, 2.24) is 14.7 Å². The Balaban J connectivity index is 1.64. The van der Waals surface area contributed by atoms with Gasteiger partial charge in [0.2, 0.25) is 0 Å². The first-order valence-electron chi connectivity index (χ1n) is 11.3. The van der Waals surface area contributed by atoms with Crippen LogP contribution in [0.25, 0.3) is 5.57 Å². The summed E-state index contributed by atoms with van der Waals surface area (Å²) in [5.41, 5.74) is 4.04. The zero-order valence-corrected chi connectivity index (χ0v) is 18.9. The molecule has 2 aromatic carbocycles. The Morgan fingerprint density at radius 2 is 1.59 bits per heavy atom. The van der Waals surface area contributed by atoms with Crippen molar-refractivity contribution < 1.29 is 14.3 Å². The Morgan fingerprint density at radius 3 is 2.25 bits per heavy atom. The molecule has 168 valence electrons. The highest BCUT2D eigenvalue weighted by Gasteiger charge is 2.41. The highest BCUT2D eigenvalue weighted by atomic mass is 16.5. The number of hydrogen-bond acceptors (Lipinski definition) is 5. The SMILES string of the molecule is CCN(Cc1ccccc1)C1=C(c2ccc(C)cc2)C(=O)N(CCN2CCOCC2)C1=O. The lowest BCUT2D eigenvalue weighted by Gasteiger charge is -2.28. The van der Waals surface area contributed by atoms with Crippen molar-refractivity contribution in [2.45, 2.75) is 20.4 Å². The minimum Gasteiger partial charge on any atom is -0.379 e. The van der Waals surface area contributed by atoms with Crippen LogP contribution in [0.3, 0.4) is 0 Å². The Morgan fingerprint density at radius 1 is 0.906 bits per heavy atom. The zero-order valence-electron chi connectivity index (χ0n) is 18.9. The van der Waals surface area contributed by atoms with Gasteiger partial charge in [-0.3, -0.25) is 19.4 Å². The molecule has 1 saturated heterocycles. The molecule has 4 rings (SSSR count). The molecule has 2 heterocycles. The van der Waals surface area contributed by atoms with Crippen molar-refractivity contribution in [3.05, 3.63) is 77.0 Å². The molecule has 0 spiro atoms. The number of carbonyl (C=O) groups excluding carboxylic acids is 2. The lowest BCUT2D eigenvalue weighted by Crippen LogP contribution is -2.44. The van der Waals surface area contributed by atoms with Gasteiger partial charge in [0.15, 0.2) is 0 Å². The normalized spacial score (nSPS) is 17.4. The van der Waals surface area contributed by atoms with E-state index in [9.17, 15) is 9.59 Å². The monoisotopic (exact) mass is 433 g/mol. The van der Waals surface area contributed by atoms with Crippen molar-refractivity contribution in [2.24, 2.45) is 0 Å². The van der Waals surface area contributed by atoms with Gasteiger partial charge >= 0.3 is 0 Å². The van der Waals surface area contributed by atoms with Crippen LogP contribution in [0, 0.1) is 6.92 Å². The molecule has 0 radical (unpaired) electrons. The second-order valence-electron chi connectivity index (χ2n) is 8.31. The van der Waals surface area contributed by atoms with E-state index in [2.05, 4.69) is 4.90 Å². The Labute approximate surface area is 190 Å². The van der Waals surface area contributed by atoms with E-state index in [-0.39, 0.29) is 11.8 Å². The number of nitrogens with zero attached hydrogens (tertiary/aromatic N) is 3. The number of imide groups is 1. The van der Waals surface area contributed by atoms with Crippen LogP contribution in [0.2, 0.25) is 0 Å². The van der Waals surface area contributed by atoms with Gasteiger partial charge in [0, 0.05) is 39.3 Å². The Hall–Kier alpha value is -2.96. The number of ether oxygens (including phenoxy) is 1. The molecule has 0 atom stereocenters. The minimum atomic E-state index is -0.200. The van der Waals surface area contributed by atoms with Crippen LogP contribution < -0.4 is 0 Å². The summed E-state index contributed by atoms with van der Waals surface area (Å²) >= 11 is 0. The van der Waals surface area contributed by atoms with Gasteiger partial charge in [-0.2, -0.15) is 0 Å². The fourth-order valence-electron chi connectivity index (χ4n) is 4.26. The Bertz CT molecular complexity index is 979. The van der Waals surface area contributed by atoms with Crippen LogP contribution in [-0.2, 0) is 20.9 Å². The van der Waals surface area contributed by atoms with Gasteiger partial charge in [0.05, 0.1) is 18.8 Å². The van der Waals surface area contributed by atoms with E-state index in [1.165, 1.54) is 4.90 Å². The molecule has 6 nitrogen and oxygen atoms in total. The smallest absolute Gasteiger partial charge is 0.277 e. The molecule has 2 aliphatic rings. The second-order valence-corrected chi connectivity index (χ2v) is 8.31. The van der Waals surface area contributed by atoms with Crippen LogP contribution in [-0.4, -0.2) is 72.5 Å². The van der Waals surface area contributed by atoms with Crippen LogP contribution in [0.5, 0.6) is 0 Å². The molecule has 1 fully saturated rings. The molecule has 0 saturated carbocycles. The van der Waals surface area contributed by atoms with Gasteiger partial charge in [0.1, 0.15) is 5.70 Å². The molecule has 0 N–H and O–H groups in total. The number of carbonyl (C=O) groups is 2. The van der Waals surface area contributed by atoms with Gasteiger partial charge in [-0.05, 0) is 25.0 Å². The summed E-state index contributed by atoms with van der Waals surface area (Å²) in [7, 11) is 0. The van der Waals surface area contributed by atoms with E-state index < -0.39 is 0 Å². The van der Waals surface area contributed by atoms with Crippen LogP contribution in [0.1, 0.15) is 23.6 Å². The second kappa shape index (κ2) is 10.1. The third-order valence-corrected chi connectivity index (χ3v) is 6.14. The van der Waals surface area contributed by atoms with Gasteiger partial charge in [-0.1, -0.05) is 60.2 Å². The van der Waals surface area contributed by atoms with E-state index in [1.807, 2.05) is 73.3 Å². The first kappa shape index (κ1) is 22.2. The van der Waals surface area contributed by atoms with E-state index in [0.29, 0.717) is 50.7 Å².